The zero-order valence-corrected chi connectivity index (χ0v) is 11.6. The van der Waals surface area contributed by atoms with Gasteiger partial charge in [-0.15, -0.1) is 0 Å². The number of hydrogen-bond acceptors (Lipinski definition) is 3. The number of benzene rings is 1. The lowest BCUT2D eigenvalue weighted by molar-refractivity contribution is 0.100. The van der Waals surface area contributed by atoms with Crippen molar-refractivity contribution >= 4 is 17.3 Å². The molecule has 0 aliphatic heterocycles. The van der Waals surface area contributed by atoms with Gasteiger partial charge in [0.15, 0.2) is 0 Å². The number of carbonyl (C=O) groups is 1. The fraction of sp³-hybridized carbons (Fsp3) is 0.500. The van der Waals surface area contributed by atoms with E-state index in [1.54, 1.807) is 12.1 Å². The minimum Gasteiger partial charge on any atom is -0.399 e. The molecule has 1 aromatic rings. The average Bonchev–Trinajstić information content (AvgIpc) is 2.26. The van der Waals surface area contributed by atoms with Crippen molar-refractivity contribution in [3.8, 4) is 0 Å². The molecule has 1 atom stereocenters. The fourth-order valence-electron chi connectivity index (χ4n) is 2.14. The molecule has 0 radical (unpaired) electrons. The molecular weight excluding hydrogens is 226 g/mol. The van der Waals surface area contributed by atoms with Gasteiger partial charge in [-0.3, -0.25) is 4.79 Å². The van der Waals surface area contributed by atoms with E-state index in [0.717, 1.165) is 12.1 Å². The van der Waals surface area contributed by atoms with E-state index in [4.69, 9.17) is 11.5 Å². The quantitative estimate of drug-likeness (QED) is 0.786. The van der Waals surface area contributed by atoms with Gasteiger partial charge in [0.25, 0.3) is 5.91 Å². The van der Waals surface area contributed by atoms with Crippen molar-refractivity contribution < 1.29 is 4.79 Å². The molecule has 0 fully saturated rings. The molecule has 1 amide bonds. The van der Waals surface area contributed by atoms with Gasteiger partial charge >= 0.3 is 0 Å². The van der Waals surface area contributed by atoms with Gasteiger partial charge in [-0.1, -0.05) is 13.8 Å². The number of primary amides is 1. The van der Waals surface area contributed by atoms with Crippen molar-refractivity contribution in [3.05, 3.63) is 23.8 Å². The Balaban J connectivity index is 3.04. The minimum atomic E-state index is -0.444. The van der Waals surface area contributed by atoms with E-state index in [2.05, 4.69) is 25.7 Å². The fourth-order valence-corrected chi connectivity index (χ4v) is 2.14. The maximum atomic E-state index is 11.5. The van der Waals surface area contributed by atoms with Gasteiger partial charge in [0, 0.05) is 24.5 Å². The topological polar surface area (TPSA) is 72.3 Å². The summed E-state index contributed by atoms with van der Waals surface area (Å²) in [6.45, 7) is 6.51. The van der Waals surface area contributed by atoms with E-state index >= 15 is 0 Å². The second-order valence-corrected chi connectivity index (χ2v) is 5.23. The molecule has 1 aromatic carbocycles. The van der Waals surface area contributed by atoms with Crippen LogP contribution in [0.4, 0.5) is 11.4 Å². The van der Waals surface area contributed by atoms with Crippen molar-refractivity contribution in [3.63, 3.8) is 0 Å². The van der Waals surface area contributed by atoms with Gasteiger partial charge in [0.2, 0.25) is 0 Å². The highest BCUT2D eigenvalue weighted by atomic mass is 16.1. The molecule has 4 N–H and O–H groups in total. The predicted octanol–water partition coefficient (Wildman–Crippen LogP) is 2.24. The van der Waals surface area contributed by atoms with Crippen molar-refractivity contribution in [1.82, 2.24) is 0 Å². The van der Waals surface area contributed by atoms with Gasteiger partial charge in [0.1, 0.15) is 0 Å². The first-order valence-corrected chi connectivity index (χ1v) is 6.25. The summed E-state index contributed by atoms with van der Waals surface area (Å²) in [6.07, 6.45) is 1.05. The number of nitrogen functional groups attached to an aromatic ring is 1. The third-order valence-corrected chi connectivity index (χ3v) is 3.14. The van der Waals surface area contributed by atoms with E-state index < -0.39 is 5.91 Å². The molecule has 0 aliphatic rings. The summed E-state index contributed by atoms with van der Waals surface area (Å²) in [7, 11) is 1.98. The number of nitrogens with two attached hydrogens (primary N) is 2. The zero-order chi connectivity index (χ0) is 13.9. The van der Waals surface area contributed by atoms with Crippen LogP contribution < -0.4 is 16.4 Å². The van der Waals surface area contributed by atoms with Crippen LogP contribution in [0, 0.1) is 5.92 Å². The highest BCUT2D eigenvalue weighted by Gasteiger charge is 2.17. The molecule has 1 unspecified atom stereocenters. The van der Waals surface area contributed by atoms with Gasteiger partial charge in [-0.2, -0.15) is 0 Å². The Kier molecular flexibility index (Phi) is 4.59. The summed E-state index contributed by atoms with van der Waals surface area (Å²) in [5, 5.41) is 0. The molecule has 4 heteroatoms. The number of amides is 1. The maximum Gasteiger partial charge on any atom is 0.250 e. The first kappa shape index (κ1) is 14.4. The number of nitrogens with zero attached hydrogens (tertiary/aromatic N) is 1. The van der Waals surface area contributed by atoms with Crippen LogP contribution in [0.15, 0.2) is 18.2 Å². The molecule has 0 aliphatic carbocycles. The Morgan fingerprint density at radius 1 is 1.33 bits per heavy atom. The summed E-state index contributed by atoms with van der Waals surface area (Å²) in [6, 6.07) is 5.62. The van der Waals surface area contributed by atoms with Crippen molar-refractivity contribution in [2.24, 2.45) is 11.7 Å². The van der Waals surface area contributed by atoms with E-state index in [-0.39, 0.29) is 0 Å². The number of carbonyl (C=O) groups excluding carboxylic acids is 1. The van der Waals surface area contributed by atoms with Crippen LogP contribution in [0.5, 0.6) is 0 Å². The van der Waals surface area contributed by atoms with Crippen LogP contribution in [0.25, 0.3) is 0 Å². The lowest BCUT2D eigenvalue weighted by atomic mass is 10.0. The Labute approximate surface area is 109 Å². The Morgan fingerprint density at radius 3 is 2.44 bits per heavy atom. The van der Waals surface area contributed by atoms with Gasteiger partial charge < -0.3 is 16.4 Å². The Bertz CT molecular complexity index is 429. The summed E-state index contributed by atoms with van der Waals surface area (Å²) < 4.78 is 0. The van der Waals surface area contributed by atoms with Gasteiger partial charge in [-0.05, 0) is 37.5 Å². The average molecular weight is 249 g/mol. The molecule has 0 saturated heterocycles. The monoisotopic (exact) mass is 249 g/mol. The smallest absolute Gasteiger partial charge is 0.250 e. The maximum absolute atomic E-state index is 11.5. The molecule has 0 heterocycles. The van der Waals surface area contributed by atoms with Crippen molar-refractivity contribution in [2.75, 3.05) is 17.7 Å². The highest BCUT2D eigenvalue weighted by Crippen LogP contribution is 2.25. The number of rotatable bonds is 5. The van der Waals surface area contributed by atoms with Crippen molar-refractivity contribution in [1.29, 1.82) is 0 Å². The summed E-state index contributed by atoms with van der Waals surface area (Å²) in [5.74, 6) is 0.161. The van der Waals surface area contributed by atoms with Crippen LogP contribution in [-0.4, -0.2) is 19.0 Å². The molecule has 0 saturated carbocycles. The van der Waals surface area contributed by atoms with Crippen LogP contribution in [0.1, 0.15) is 37.6 Å². The van der Waals surface area contributed by atoms with Crippen LogP contribution in [-0.2, 0) is 0 Å². The number of hydrogen-bond donors (Lipinski definition) is 2. The second-order valence-electron chi connectivity index (χ2n) is 5.23. The molecule has 18 heavy (non-hydrogen) atoms. The van der Waals surface area contributed by atoms with Crippen molar-refractivity contribution in [2.45, 2.75) is 33.2 Å². The first-order chi connectivity index (χ1) is 8.32. The molecule has 0 aromatic heterocycles. The SMILES string of the molecule is CC(C)CC(C)N(C)c1ccc(N)cc1C(N)=O. The Hall–Kier alpha value is -1.71. The third kappa shape index (κ3) is 3.39. The predicted molar refractivity (Wildman–Crippen MR) is 76.7 cm³/mol. The molecule has 1 rings (SSSR count). The largest absolute Gasteiger partial charge is 0.399 e. The summed E-state index contributed by atoms with van der Waals surface area (Å²) in [4.78, 5) is 13.5. The first-order valence-electron chi connectivity index (χ1n) is 6.25. The molecule has 0 spiro atoms. The lowest BCUT2D eigenvalue weighted by Gasteiger charge is -2.29. The van der Waals surface area contributed by atoms with Crippen LogP contribution >= 0.6 is 0 Å². The van der Waals surface area contributed by atoms with E-state index in [0.29, 0.717) is 23.2 Å². The Morgan fingerprint density at radius 2 is 1.94 bits per heavy atom. The standard InChI is InChI=1S/C14H23N3O/c1-9(2)7-10(3)17(4)13-6-5-11(15)8-12(13)14(16)18/h5-6,8-10H,7,15H2,1-4H3,(H2,16,18). The molecule has 4 nitrogen and oxygen atoms in total. The molecular formula is C14H23N3O. The number of anilines is 2. The lowest BCUT2D eigenvalue weighted by Crippen LogP contribution is -2.32. The van der Waals surface area contributed by atoms with E-state index in [1.165, 1.54) is 0 Å². The van der Waals surface area contributed by atoms with Gasteiger partial charge in [0.05, 0.1) is 5.56 Å². The summed E-state index contributed by atoms with van der Waals surface area (Å²) in [5.41, 5.74) is 13.0. The van der Waals surface area contributed by atoms with Gasteiger partial charge in [-0.25, -0.2) is 0 Å². The second kappa shape index (κ2) is 5.76. The highest BCUT2D eigenvalue weighted by molar-refractivity contribution is 5.99. The minimum absolute atomic E-state index is 0.340. The molecule has 100 valence electrons. The van der Waals surface area contributed by atoms with Crippen LogP contribution in [0.2, 0.25) is 0 Å². The summed E-state index contributed by atoms with van der Waals surface area (Å²) >= 11 is 0. The molecule has 0 bridgehead atoms. The van der Waals surface area contributed by atoms with E-state index in [9.17, 15) is 4.79 Å². The third-order valence-electron chi connectivity index (χ3n) is 3.14. The normalized spacial score (nSPS) is 12.5. The van der Waals surface area contributed by atoms with Crippen LogP contribution in [0.3, 0.4) is 0 Å². The van der Waals surface area contributed by atoms with E-state index in [1.807, 2.05) is 13.1 Å². The zero-order valence-electron chi connectivity index (χ0n) is 11.6.